The van der Waals surface area contributed by atoms with E-state index in [-0.39, 0.29) is 6.10 Å². The predicted molar refractivity (Wildman–Crippen MR) is 51.8 cm³/mol. The molecule has 2 rings (SSSR count). The van der Waals surface area contributed by atoms with Gasteiger partial charge in [0.2, 0.25) is 0 Å². The highest BCUT2D eigenvalue weighted by Crippen LogP contribution is 2.25. The molecule has 0 amide bonds. The monoisotopic (exact) mass is 176 g/mol. The van der Waals surface area contributed by atoms with E-state index in [0.29, 0.717) is 6.61 Å². The Balaban J connectivity index is 2.19. The van der Waals surface area contributed by atoms with Gasteiger partial charge in [-0.1, -0.05) is 24.3 Å². The lowest BCUT2D eigenvalue weighted by Gasteiger charge is -2.20. The van der Waals surface area contributed by atoms with Crippen molar-refractivity contribution in [2.75, 3.05) is 13.7 Å². The molecule has 2 nitrogen and oxygen atoms in total. The van der Waals surface area contributed by atoms with Gasteiger partial charge in [-0.05, 0) is 12.1 Å². The van der Waals surface area contributed by atoms with Crippen LogP contribution in [0.15, 0.2) is 30.3 Å². The molecule has 1 heterocycles. The maximum Gasteiger partial charge on any atom is 0.140 e. The summed E-state index contributed by atoms with van der Waals surface area (Å²) in [4.78, 5) is 0. The van der Waals surface area contributed by atoms with E-state index in [0.717, 1.165) is 11.3 Å². The van der Waals surface area contributed by atoms with Crippen LogP contribution in [0.25, 0.3) is 6.08 Å². The molecule has 68 valence electrons. The Bertz CT molecular complexity index is 318. The van der Waals surface area contributed by atoms with Gasteiger partial charge in [-0.3, -0.25) is 0 Å². The average Bonchev–Trinajstić information content (AvgIpc) is 2.18. The minimum atomic E-state index is 0.0555. The molecule has 2 heteroatoms. The number of rotatable bonds is 2. The Labute approximate surface area is 77.8 Å². The lowest BCUT2D eigenvalue weighted by Crippen LogP contribution is -2.21. The fraction of sp³-hybridized carbons (Fsp3) is 0.273. The summed E-state index contributed by atoms with van der Waals surface area (Å²) in [5.74, 6) is 0.937. The van der Waals surface area contributed by atoms with Gasteiger partial charge in [0.15, 0.2) is 0 Å². The molecule has 0 aliphatic carbocycles. The summed E-state index contributed by atoms with van der Waals surface area (Å²) in [5, 5.41) is 0. The van der Waals surface area contributed by atoms with Gasteiger partial charge in [0, 0.05) is 12.7 Å². The second-order valence-corrected chi connectivity index (χ2v) is 3.01. The third kappa shape index (κ3) is 1.73. The molecule has 0 spiro atoms. The highest BCUT2D eigenvalue weighted by atomic mass is 16.5. The number of ether oxygens (including phenoxy) is 2. The largest absolute Gasteiger partial charge is 0.483 e. The number of para-hydroxylation sites is 1. The number of fused-ring (bicyclic) bond motifs is 1. The molecule has 0 saturated heterocycles. The van der Waals surface area contributed by atoms with Crippen molar-refractivity contribution in [2.24, 2.45) is 0 Å². The minimum Gasteiger partial charge on any atom is -0.483 e. The van der Waals surface area contributed by atoms with Gasteiger partial charge >= 0.3 is 0 Å². The van der Waals surface area contributed by atoms with Crippen molar-refractivity contribution in [3.05, 3.63) is 35.9 Å². The third-order valence-electron chi connectivity index (χ3n) is 2.02. The van der Waals surface area contributed by atoms with Crippen LogP contribution in [0.3, 0.4) is 0 Å². The smallest absolute Gasteiger partial charge is 0.140 e. The zero-order valence-electron chi connectivity index (χ0n) is 7.57. The van der Waals surface area contributed by atoms with E-state index in [4.69, 9.17) is 9.47 Å². The van der Waals surface area contributed by atoms with Gasteiger partial charge in [-0.2, -0.15) is 0 Å². The van der Waals surface area contributed by atoms with Crippen LogP contribution < -0.4 is 4.74 Å². The van der Waals surface area contributed by atoms with Gasteiger partial charge in [-0.25, -0.2) is 0 Å². The molecule has 0 bridgehead atoms. The van der Waals surface area contributed by atoms with Crippen molar-refractivity contribution >= 4 is 6.08 Å². The molecule has 13 heavy (non-hydrogen) atoms. The Hall–Kier alpha value is -1.28. The number of hydrogen-bond donors (Lipinski definition) is 0. The van der Waals surface area contributed by atoms with Gasteiger partial charge < -0.3 is 9.47 Å². The van der Waals surface area contributed by atoms with Crippen molar-refractivity contribution in [3.63, 3.8) is 0 Å². The van der Waals surface area contributed by atoms with Crippen LogP contribution in [0.5, 0.6) is 5.75 Å². The van der Waals surface area contributed by atoms with Crippen LogP contribution in [-0.4, -0.2) is 19.8 Å². The fourth-order valence-corrected chi connectivity index (χ4v) is 1.39. The van der Waals surface area contributed by atoms with Gasteiger partial charge in [0.25, 0.3) is 0 Å². The molecule has 1 aliphatic heterocycles. The average molecular weight is 176 g/mol. The number of benzene rings is 1. The normalized spacial score (nSPS) is 19.3. The quantitative estimate of drug-likeness (QED) is 0.687. The summed E-state index contributed by atoms with van der Waals surface area (Å²) in [7, 11) is 1.68. The van der Waals surface area contributed by atoms with Crippen molar-refractivity contribution in [2.45, 2.75) is 6.10 Å². The first kappa shape index (κ1) is 8.32. The molecule has 1 aromatic rings. The topological polar surface area (TPSA) is 18.5 Å². The van der Waals surface area contributed by atoms with E-state index in [1.165, 1.54) is 0 Å². The van der Waals surface area contributed by atoms with Crippen LogP contribution >= 0.6 is 0 Å². The molecule has 0 saturated carbocycles. The summed E-state index contributed by atoms with van der Waals surface area (Å²) in [6.07, 6.45) is 4.15. The molecule has 0 radical (unpaired) electrons. The molecule has 0 N–H and O–H groups in total. The first-order valence-electron chi connectivity index (χ1n) is 4.33. The first-order chi connectivity index (χ1) is 6.40. The SMILES string of the molecule is COCC1C=Cc2ccccc2O1. The lowest BCUT2D eigenvalue weighted by molar-refractivity contribution is 0.106. The Kier molecular flexibility index (Phi) is 2.32. The van der Waals surface area contributed by atoms with Crippen molar-refractivity contribution in [1.29, 1.82) is 0 Å². The summed E-state index contributed by atoms with van der Waals surface area (Å²) in [6.45, 7) is 0.602. The maximum absolute atomic E-state index is 5.66. The highest BCUT2D eigenvalue weighted by Gasteiger charge is 2.12. The summed E-state index contributed by atoms with van der Waals surface area (Å²) in [5.41, 5.74) is 1.13. The summed E-state index contributed by atoms with van der Waals surface area (Å²) < 4.78 is 10.7. The Morgan fingerprint density at radius 3 is 3.08 bits per heavy atom. The molecule has 1 aliphatic rings. The summed E-state index contributed by atoms with van der Waals surface area (Å²) in [6, 6.07) is 7.99. The zero-order valence-corrected chi connectivity index (χ0v) is 7.57. The van der Waals surface area contributed by atoms with E-state index in [1.54, 1.807) is 7.11 Å². The van der Waals surface area contributed by atoms with Gasteiger partial charge in [0.1, 0.15) is 11.9 Å². The van der Waals surface area contributed by atoms with Crippen LogP contribution in [0, 0.1) is 0 Å². The number of hydrogen-bond acceptors (Lipinski definition) is 2. The standard InChI is InChI=1S/C11H12O2/c1-12-8-10-7-6-9-4-2-3-5-11(9)13-10/h2-7,10H,8H2,1H3. The highest BCUT2D eigenvalue weighted by molar-refractivity contribution is 5.59. The Morgan fingerprint density at radius 2 is 2.23 bits per heavy atom. The van der Waals surface area contributed by atoms with Crippen LogP contribution in [0.2, 0.25) is 0 Å². The second kappa shape index (κ2) is 3.62. The maximum atomic E-state index is 5.66. The van der Waals surface area contributed by atoms with Crippen molar-refractivity contribution in [1.82, 2.24) is 0 Å². The first-order valence-corrected chi connectivity index (χ1v) is 4.33. The second-order valence-electron chi connectivity index (χ2n) is 3.01. The molecule has 1 atom stereocenters. The molecule has 0 fully saturated rings. The van der Waals surface area contributed by atoms with Gasteiger partial charge in [0.05, 0.1) is 6.61 Å². The summed E-state index contributed by atoms with van der Waals surface area (Å²) >= 11 is 0. The number of methoxy groups -OCH3 is 1. The van der Waals surface area contributed by atoms with E-state index in [1.807, 2.05) is 30.3 Å². The molecule has 1 aromatic carbocycles. The van der Waals surface area contributed by atoms with Crippen LogP contribution in [0.1, 0.15) is 5.56 Å². The van der Waals surface area contributed by atoms with E-state index < -0.39 is 0 Å². The van der Waals surface area contributed by atoms with Crippen LogP contribution in [0.4, 0.5) is 0 Å². The lowest BCUT2D eigenvalue weighted by atomic mass is 10.1. The van der Waals surface area contributed by atoms with E-state index >= 15 is 0 Å². The minimum absolute atomic E-state index is 0.0555. The third-order valence-corrected chi connectivity index (χ3v) is 2.02. The molecular weight excluding hydrogens is 164 g/mol. The van der Waals surface area contributed by atoms with Crippen molar-refractivity contribution < 1.29 is 9.47 Å². The Morgan fingerprint density at radius 1 is 1.38 bits per heavy atom. The molecule has 1 unspecified atom stereocenters. The zero-order chi connectivity index (χ0) is 9.10. The van der Waals surface area contributed by atoms with Gasteiger partial charge in [-0.15, -0.1) is 0 Å². The van der Waals surface area contributed by atoms with Crippen LogP contribution in [-0.2, 0) is 4.74 Å². The fourth-order valence-electron chi connectivity index (χ4n) is 1.39. The molecular formula is C11H12O2. The molecule has 0 aromatic heterocycles. The van der Waals surface area contributed by atoms with E-state index in [2.05, 4.69) is 6.08 Å². The van der Waals surface area contributed by atoms with E-state index in [9.17, 15) is 0 Å². The predicted octanol–water partition coefficient (Wildman–Crippen LogP) is 2.11. The van der Waals surface area contributed by atoms with Crippen molar-refractivity contribution in [3.8, 4) is 5.75 Å².